The molecule has 0 atom stereocenters. The van der Waals surface area contributed by atoms with E-state index in [1.165, 1.54) is 94.1 Å². The maximum atomic E-state index is 2.55. The van der Waals surface area contributed by atoms with Crippen LogP contribution in [-0.2, 0) is 0 Å². The molecule has 6 aromatic carbocycles. The molecule has 0 radical (unpaired) electrons. The van der Waals surface area contributed by atoms with E-state index in [4.69, 9.17) is 0 Å². The first-order chi connectivity index (χ1) is 22.4. The van der Waals surface area contributed by atoms with Crippen LogP contribution in [0.15, 0.2) is 140 Å². The van der Waals surface area contributed by atoms with E-state index in [0.29, 0.717) is 0 Å². The number of hydrogen-bond acceptors (Lipinski definition) is 0. The van der Waals surface area contributed by atoms with Crippen molar-refractivity contribution >= 4 is 78.3 Å². The van der Waals surface area contributed by atoms with Crippen LogP contribution in [0.1, 0.15) is 0 Å². The van der Waals surface area contributed by atoms with Crippen molar-refractivity contribution in [2.45, 2.75) is 0 Å². The van der Waals surface area contributed by atoms with Gasteiger partial charge < -0.3 is 0 Å². The molecule has 2 aliphatic rings. The van der Waals surface area contributed by atoms with Crippen LogP contribution in [0, 0.1) is 0 Å². The summed E-state index contributed by atoms with van der Waals surface area (Å²) in [5.41, 5.74) is 19.2. The first-order valence-electron chi connectivity index (χ1n) is 15.7. The number of imidazole rings is 2. The zero-order valence-corrected chi connectivity index (χ0v) is 24.1. The summed E-state index contributed by atoms with van der Waals surface area (Å²) in [6, 6.07) is 51.6. The molecule has 0 bridgehead atoms. The average Bonchev–Trinajstić information content (AvgIpc) is 3.83. The SMILES string of the molecule is c1ccc(-c2cc3c4c(c2)-n2c5ccccc5n5c6ccccc6c(c25)B4c2c4ccccc4n4c5ccccc5n-3c24)cc1. The average molecular weight is 570 g/mol. The normalized spacial score (nSPS) is 13.3. The van der Waals surface area contributed by atoms with Crippen LogP contribution in [0.4, 0.5) is 0 Å². The smallest absolute Gasteiger partial charge is 0.258 e. The van der Waals surface area contributed by atoms with Crippen molar-refractivity contribution < 1.29 is 0 Å². The maximum Gasteiger partial charge on any atom is 0.258 e. The third-order valence-corrected chi connectivity index (χ3v) is 10.5. The topological polar surface area (TPSA) is 18.7 Å². The van der Waals surface area contributed by atoms with E-state index in [2.05, 4.69) is 157 Å². The van der Waals surface area contributed by atoms with E-state index >= 15 is 0 Å². The van der Waals surface area contributed by atoms with Crippen molar-refractivity contribution in [3.8, 4) is 22.5 Å². The molecule has 0 fully saturated rings. The van der Waals surface area contributed by atoms with Crippen LogP contribution in [0.3, 0.4) is 0 Å². The van der Waals surface area contributed by atoms with Gasteiger partial charge in [-0.15, -0.1) is 0 Å². The first-order valence-corrected chi connectivity index (χ1v) is 15.7. The standard InChI is InChI=1S/C40H23BN4/c1-2-12-24(13-3-1)25-22-34-38-35(23-25)45-33-21-11-9-19-31(33)43-29-17-7-5-15-27(29)37(40(43)45)41(38)36-26-14-4-6-16-28(26)42-30-18-8-10-20-32(30)44(34)39(36)42/h1-23H. The van der Waals surface area contributed by atoms with Crippen molar-refractivity contribution in [1.29, 1.82) is 0 Å². The van der Waals surface area contributed by atoms with Gasteiger partial charge in [0.2, 0.25) is 0 Å². The van der Waals surface area contributed by atoms with Gasteiger partial charge in [-0.1, -0.05) is 91.0 Å². The predicted molar refractivity (Wildman–Crippen MR) is 187 cm³/mol. The molecule has 0 aliphatic carbocycles. The van der Waals surface area contributed by atoms with E-state index in [1.54, 1.807) is 0 Å². The first kappa shape index (κ1) is 22.6. The van der Waals surface area contributed by atoms with Crippen molar-refractivity contribution in [3.05, 3.63) is 140 Å². The molecule has 0 spiro atoms. The van der Waals surface area contributed by atoms with Crippen LogP contribution in [0.25, 0.3) is 77.7 Å². The third-order valence-electron chi connectivity index (χ3n) is 10.5. The summed E-state index contributed by atoms with van der Waals surface area (Å²) in [6.45, 7) is 0.0817. The predicted octanol–water partition coefficient (Wildman–Crippen LogP) is 7.20. The third kappa shape index (κ3) is 2.45. The van der Waals surface area contributed by atoms with Gasteiger partial charge in [0.1, 0.15) is 11.3 Å². The molecule has 4 aromatic heterocycles. The highest BCUT2D eigenvalue weighted by atomic mass is 15.2. The Labute approximate surface area is 257 Å². The second kappa shape index (κ2) is 7.58. The number of fused-ring (bicyclic) bond motifs is 16. The van der Waals surface area contributed by atoms with Crippen LogP contribution in [0.2, 0.25) is 0 Å². The molecule has 45 heavy (non-hydrogen) atoms. The van der Waals surface area contributed by atoms with Gasteiger partial charge in [-0.3, -0.25) is 17.9 Å². The molecule has 206 valence electrons. The number of aromatic nitrogens is 4. The summed E-state index contributed by atoms with van der Waals surface area (Å²) in [7, 11) is 0. The summed E-state index contributed by atoms with van der Waals surface area (Å²) in [4.78, 5) is 0. The van der Waals surface area contributed by atoms with Crippen LogP contribution < -0.4 is 16.4 Å². The van der Waals surface area contributed by atoms with Gasteiger partial charge in [-0.2, -0.15) is 0 Å². The molecule has 4 nitrogen and oxygen atoms in total. The Kier molecular flexibility index (Phi) is 3.80. The van der Waals surface area contributed by atoms with Crippen molar-refractivity contribution in [1.82, 2.24) is 17.9 Å². The van der Waals surface area contributed by atoms with Crippen LogP contribution >= 0.6 is 0 Å². The monoisotopic (exact) mass is 570 g/mol. The maximum absolute atomic E-state index is 2.55. The molecular formula is C40H23BN4. The Hall–Kier alpha value is -5.94. The van der Waals surface area contributed by atoms with Gasteiger partial charge in [0, 0.05) is 11.4 Å². The Balaban J connectivity index is 1.41. The van der Waals surface area contributed by atoms with Crippen molar-refractivity contribution in [3.63, 3.8) is 0 Å². The van der Waals surface area contributed by atoms with Gasteiger partial charge in [0.05, 0.1) is 33.1 Å². The zero-order valence-electron chi connectivity index (χ0n) is 24.1. The fourth-order valence-electron chi connectivity index (χ4n) is 8.92. The molecule has 0 saturated carbocycles. The Morgan fingerprint density at radius 2 is 0.778 bits per heavy atom. The molecule has 6 heterocycles. The lowest BCUT2D eigenvalue weighted by molar-refractivity contribution is 1.12. The molecule has 0 amide bonds. The molecular weight excluding hydrogens is 547 g/mol. The van der Waals surface area contributed by atoms with E-state index in [1.807, 2.05) is 0 Å². The minimum atomic E-state index is 0.0817. The number of benzene rings is 6. The van der Waals surface area contributed by atoms with Crippen molar-refractivity contribution in [2.75, 3.05) is 0 Å². The van der Waals surface area contributed by atoms with Gasteiger partial charge >= 0.3 is 0 Å². The number of hydrogen-bond donors (Lipinski definition) is 0. The second-order valence-corrected chi connectivity index (χ2v) is 12.6. The summed E-state index contributed by atoms with van der Waals surface area (Å²) in [5.74, 6) is 0. The quantitative estimate of drug-likeness (QED) is 0.186. The zero-order chi connectivity index (χ0) is 29.0. The Morgan fingerprint density at radius 3 is 1.29 bits per heavy atom. The fraction of sp³-hybridized carbons (Fsp3) is 0. The lowest BCUT2D eigenvalue weighted by atomic mass is 9.34. The number of rotatable bonds is 1. The molecule has 0 saturated heterocycles. The van der Waals surface area contributed by atoms with E-state index in [0.717, 1.165) is 0 Å². The number of para-hydroxylation sites is 6. The second-order valence-electron chi connectivity index (χ2n) is 12.6. The van der Waals surface area contributed by atoms with E-state index < -0.39 is 0 Å². The van der Waals surface area contributed by atoms with Gasteiger partial charge in [-0.25, -0.2) is 0 Å². The summed E-state index contributed by atoms with van der Waals surface area (Å²) >= 11 is 0. The highest BCUT2D eigenvalue weighted by Crippen LogP contribution is 2.40. The number of nitrogens with zero attached hydrogens (tertiary/aromatic N) is 4. The lowest BCUT2D eigenvalue weighted by Gasteiger charge is -2.32. The molecule has 10 aromatic rings. The van der Waals surface area contributed by atoms with E-state index in [-0.39, 0.29) is 6.71 Å². The van der Waals surface area contributed by atoms with Crippen LogP contribution in [-0.4, -0.2) is 24.6 Å². The minimum Gasteiger partial charge on any atom is -0.295 e. The van der Waals surface area contributed by atoms with Gasteiger partial charge in [0.25, 0.3) is 6.71 Å². The summed E-state index contributed by atoms with van der Waals surface area (Å²) in [6.07, 6.45) is 0. The van der Waals surface area contributed by atoms with Gasteiger partial charge in [0.15, 0.2) is 0 Å². The Bertz CT molecular complexity index is 2760. The molecule has 0 N–H and O–H groups in total. The lowest BCUT2D eigenvalue weighted by Crippen LogP contribution is -2.59. The fourth-order valence-corrected chi connectivity index (χ4v) is 8.92. The highest BCUT2D eigenvalue weighted by Gasteiger charge is 2.45. The minimum absolute atomic E-state index is 0.0817. The highest BCUT2D eigenvalue weighted by molar-refractivity contribution is 7.02. The van der Waals surface area contributed by atoms with Crippen molar-refractivity contribution in [2.24, 2.45) is 0 Å². The summed E-state index contributed by atoms with van der Waals surface area (Å²) in [5, 5.41) is 2.66. The van der Waals surface area contributed by atoms with Gasteiger partial charge in [-0.05, 0) is 86.8 Å². The molecule has 0 unspecified atom stereocenters. The molecule has 5 heteroatoms. The van der Waals surface area contributed by atoms with Crippen LogP contribution in [0.5, 0.6) is 0 Å². The Morgan fingerprint density at radius 1 is 0.356 bits per heavy atom. The molecule has 12 rings (SSSR count). The molecule has 2 aliphatic heterocycles. The summed E-state index contributed by atoms with van der Waals surface area (Å²) < 4.78 is 10.1. The van der Waals surface area contributed by atoms with E-state index in [9.17, 15) is 0 Å². The largest absolute Gasteiger partial charge is 0.295 e.